The number of carboxylic acids is 1. The third-order valence-corrected chi connectivity index (χ3v) is 3.77. The molecule has 0 saturated heterocycles. The van der Waals surface area contributed by atoms with E-state index in [2.05, 4.69) is 0 Å². The van der Waals surface area contributed by atoms with E-state index in [4.69, 9.17) is 21.4 Å². The van der Waals surface area contributed by atoms with Gasteiger partial charge in [-0.1, -0.05) is 23.4 Å². The van der Waals surface area contributed by atoms with Crippen molar-refractivity contribution in [2.45, 2.75) is 9.79 Å². The monoisotopic (exact) mass is 294 g/mol. The van der Waals surface area contributed by atoms with Gasteiger partial charge in [0.1, 0.15) is 5.75 Å². The number of rotatable bonds is 4. The summed E-state index contributed by atoms with van der Waals surface area (Å²) in [7, 11) is 1.57. The molecule has 0 saturated carbocycles. The number of halogens is 1. The van der Waals surface area contributed by atoms with Gasteiger partial charge in [0.2, 0.25) is 0 Å². The fourth-order valence-electron chi connectivity index (χ4n) is 1.51. The standard InChI is InChI=1S/C14H11ClO3S/c1-18-13-8-11(6-7-12(13)15)19-10-4-2-9(3-5-10)14(16)17/h2-8H,1H3,(H,16,17). The van der Waals surface area contributed by atoms with Crippen LogP contribution in [0.5, 0.6) is 5.75 Å². The number of methoxy groups -OCH3 is 1. The van der Waals surface area contributed by atoms with Crippen molar-refractivity contribution in [3.05, 3.63) is 53.1 Å². The second-order valence-corrected chi connectivity index (χ2v) is 5.28. The fraction of sp³-hybridized carbons (Fsp3) is 0.0714. The molecule has 2 rings (SSSR count). The lowest BCUT2D eigenvalue weighted by molar-refractivity contribution is 0.0697. The van der Waals surface area contributed by atoms with Gasteiger partial charge in [0.25, 0.3) is 0 Å². The van der Waals surface area contributed by atoms with Crippen LogP contribution in [-0.4, -0.2) is 18.2 Å². The van der Waals surface area contributed by atoms with E-state index >= 15 is 0 Å². The Bertz CT molecular complexity index is 596. The molecule has 0 fully saturated rings. The maximum Gasteiger partial charge on any atom is 0.335 e. The van der Waals surface area contributed by atoms with Gasteiger partial charge in [-0.15, -0.1) is 0 Å². The normalized spacial score (nSPS) is 10.2. The number of carbonyl (C=O) groups is 1. The summed E-state index contributed by atoms with van der Waals surface area (Å²) in [6.45, 7) is 0. The Morgan fingerprint density at radius 2 is 1.79 bits per heavy atom. The average Bonchev–Trinajstić information content (AvgIpc) is 2.41. The van der Waals surface area contributed by atoms with Gasteiger partial charge in [-0.25, -0.2) is 4.79 Å². The molecule has 19 heavy (non-hydrogen) atoms. The molecule has 0 atom stereocenters. The third kappa shape index (κ3) is 3.43. The van der Waals surface area contributed by atoms with Crippen molar-refractivity contribution in [3.8, 4) is 5.75 Å². The van der Waals surface area contributed by atoms with Crippen molar-refractivity contribution in [1.29, 1.82) is 0 Å². The molecular formula is C14H11ClO3S. The second kappa shape index (κ2) is 5.99. The zero-order chi connectivity index (χ0) is 13.8. The Hall–Kier alpha value is -1.65. The van der Waals surface area contributed by atoms with Crippen LogP contribution in [0.4, 0.5) is 0 Å². The van der Waals surface area contributed by atoms with E-state index in [1.54, 1.807) is 37.4 Å². The molecule has 0 aliphatic heterocycles. The van der Waals surface area contributed by atoms with E-state index in [9.17, 15) is 4.79 Å². The summed E-state index contributed by atoms with van der Waals surface area (Å²) >= 11 is 7.47. The predicted molar refractivity (Wildman–Crippen MR) is 75.5 cm³/mol. The highest BCUT2D eigenvalue weighted by Crippen LogP contribution is 2.33. The molecule has 0 unspecified atom stereocenters. The Labute approximate surface area is 120 Å². The summed E-state index contributed by atoms with van der Waals surface area (Å²) in [5.41, 5.74) is 0.276. The van der Waals surface area contributed by atoms with Crippen LogP contribution in [0, 0.1) is 0 Å². The summed E-state index contributed by atoms with van der Waals surface area (Å²) < 4.78 is 5.15. The molecule has 0 aromatic heterocycles. The highest BCUT2D eigenvalue weighted by atomic mass is 35.5. The Morgan fingerprint density at radius 1 is 1.16 bits per heavy atom. The zero-order valence-electron chi connectivity index (χ0n) is 10.1. The fourth-order valence-corrected chi connectivity index (χ4v) is 2.55. The van der Waals surface area contributed by atoms with Crippen molar-refractivity contribution < 1.29 is 14.6 Å². The van der Waals surface area contributed by atoms with Crippen molar-refractivity contribution in [3.63, 3.8) is 0 Å². The van der Waals surface area contributed by atoms with E-state index in [0.29, 0.717) is 10.8 Å². The van der Waals surface area contributed by atoms with Crippen LogP contribution in [0.1, 0.15) is 10.4 Å². The van der Waals surface area contributed by atoms with E-state index < -0.39 is 5.97 Å². The molecule has 0 bridgehead atoms. The first-order chi connectivity index (χ1) is 9.10. The van der Waals surface area contributed by atoms with Gasteiger partial charge in [0.05, 0.1) is 17.7 Å². The quantitative estimate of drug-likeness (QED) is 0.918. The maximum atomic E-state index is 10.8. The van der Waals surface area contributed by atoms with Gasteiger partial charge in [0, 0.05) is 9.79 Å². The van der Waals surface area contributed by atoms with Gasteiger partial charge < -0.3 is 9.84 Å². The Kier molecular flexibility index (Phi) is 4.35. The molecule has 3 nitrogen and oxygen atoms in total. The van der Waals surface area contributed by atoms with E-state index in [-0.39, 0.29) is 5.56 Å². The molecular weight excluding hydrogens is 284 g/mol. The van der Waals surface area contributed by atoms with E-state index in [0.717, 1.165) is 9.79 Å². The van der Waals surface area contributed by atoms with Crippen molar-refractivity contribution in [1.82, 2.24) is 0 Å². The van der Waals surface area contributed by atoms with Crippen LogP contribution < -0.4 is 4.74 Å². The van der Waals surface area contributed by atoms with Crippen molar-refractivity contribution >= 4 is 29.3 Å². The first kappa shape index (κ1) is 13.8. The van der Waals surface area contributed by atoms with Crippen molar-refractivity contribution in [2.24, 2.45) is 0 Å². The van der Waals surface area contributed by atoms with Crippen LogP contribution in [0.3, 0.4) is 0 Å². The van der Waals surface area contributed by atoms with Crippen LogP contribution in [0.2, 0.25) is 5.02 Å². The van der Waals surface area contributed by atoms with Crippen LogP contribution in [0.15, 0.2) is 52.3 Å². The number of hydrogen-bond donors (Lipinski definition) is 1. The molecule has 5 heteroatoms. The van der Waals surface area contributed by atoms with Gasteiger partial charge in [-0.05, 0) is 42.5 Å². The van der Waals surface area contributed by atoms with E-state index in [1.807, 2.05) is 12.1 Å². The molecule has 0 aliphatic carbocycles. The van der Waals surface area contributed by atoms with Crippen LogP contribution in [-0.2, 0) is 0 Å². The first-order valence-electron chi connectivity index (χ1n) is 5.45. The Balaban J connectivity index is 2.19. The minimum Gasteiger partial charge on any atom is -0.495 e. The van der Waals surface area contributed by atoms with Gasteiger partial charge >= 0.3 is 5.97 Å². The second-order valence-electron chi connectivity index (χ2n) is 3.73. The topological polar surface area (TPSA) is 46.5 Å². The smallest absolute Gasteiger partial charge is 0.335 e. The molecule has 0 heterocycles. The molecule has 0 amide bonds. The average molecular weight is 295 g/mol. The lowest BCUT2D eigenvalue weighted by Crippen LogP contribution is -1.94. The predicted octanol–water partition coefficient (Wildman–Crippen LogP) is 4.20. The number of hydrogen-bond acceptors (Lipinski definition) is 3. The molecule has 2 aromatic carbocycles. The minimum absolute atomic E-state index is 0.276. The number of carboxylic acid groups (broad SMARTS) is 1. The summed E-state index contributed by atoms with van der Waals surface area (Å²) in [6, 6.07) is 12.2. The number of aromatic carboxylic acids is 1. The lowest BCUT2D eigenvalue weighted by atomic mass is 10.2. The van der Waals surface area contributed by atoms with Crippen LogP contribution in [0.25, 0.3) is 0 Å². The molecule has 2 aromatic rings. The van der Waals surface area contributed by atoms with E-state index in [1.165, 1.54) is 11.8 Å². The summed E-state index contributed by atoms with van der Waals surface area (Å²) in [4.78, 5) is 12.7. The maximum absolute atomic E-state index is 10.8. The van der Waals surface area contributed by atoms with Crippen LogP contribution >= 0.6 is 23.4 Å². The summed E-state index contributed by atoms with van der Waals surface area (Å²) in [5.74, 6) is -0.307. The third-order valence-electron chi connectivity index (χ3n) is 2.46. The molecule has 1 N–H and O–H groups in total. The highest BCUT2D eigenvalue weighted by Gasteiger charge is 2.05. The van der Waals surface area contributed by atoms with Gasteiger partial charge in [-0.3, -0.25) is 0 Å². The number of ether oxygens (including phenoxy) is 1. The highest BCUT2D eigenvalue weighted by molar-refractivity contribution is 7.99. The number of benzene rings is 2. The Morgan fingerprint density at radius 3 is 2.37 bits per heavy atom. The summed E-state index contributed by atoms with van der Waals surface area (Å²) in [6.07, 6.45) is 0. The first-order valence-corrected chi connectivity index (χ1v) is 6.64. The minimum atomic E-state index is -0.926. The zero-order valence-corrected chi connectivity index (χ0v) is 11.7. The molecule has 98 valence electrons. The largest absolute Gasteiger partial charge is 0.495 e. The summed E-state index contributed by atoms with van der Waals surface area (Å²) in [5, 5.41) is 9.39. The van der Waals surface area contributed by atoms with Crippen molar-refractivity contribution in [2.75, 3.05) is 7.11 Å². The SMILES string of the molecule is COc1cc(Sc2ccc(C(=O)O)cc2)ccc1Cl. The van der Waals surface area contributed by atoms with Gasteiger partial charge in [-0.2, -0.15) is 0 Å². The molecule has 0 aliphatic rings. The molecule has 0 spiro atoms. The van der Waals surface area contributed by atoms with Gasteiger partial charge in [0.15, 0.2) is 0 Å². The molecule has 0 radical (unpaired) electrons. The lowest BCUT2D eigenvalue weighted by Gasteiger charge is -2.06.